The van der Waals surface area contributed by atoms with Gasteiger partial charge in [-0.2, -0.15) is 0 Å². The smallest absolute Gasteiger partial charge is 0.225 e. The quantitative estimate of drug-likeness (QED) is 0.891. The minimum absolute atomic E-state index is 0.448. The molecule has 3 heterocycles. The van der Waals surface area contributed by atoms with Crippen molar-refractivity contribution in [1.82, 2.24) is 20.2 Å². The zero-order valence-corrected chi connectivity index (χ0v) is 12.4. The van der Waals surface area contributed by atoms with E-state index in [-0.39, 0.29) is 0 Å². The first-order valence-electron chi connectivity index (χ1n) is 7.70. The molecule has 0 bridgehead atoms. The maximum atomic E-state index is 4.34. The molecule has 2 aliphatic heterocycles. The van der Waals surface area contributed by atoms with Gasteiger partial charge in [0.1, 0.15) is 0 Å². The van der Waals surface area contributed by atoms with Gasteiger partial charge in [0.15, 0.2) is 0 Å². The molecule has 2 saturated heterocycles. The number of aromatic nitrogens is 2. The average Bonchev–Trinajstić information content (AvgIpc) is 2.49. The largest absolute Gasteiger partial charge is 0.338 e. The van der Waals surface area contributed by atoms with Crippen LogP contribution < -0.4 is 10.2 Å². The molecule has 5 nitrogen and oxygen atoms in total. The number of nitrogens with zero attached hydrogens (tertiary/aromatic N) is 4. The molecule has 2 aliphatic rings. The maximum Gasteiger partial charge on any atom is 0.225 e. The van der Waals surface area contributed by atoms with Gasteiger partial charge in [-0.15, -0.1) is 0 Å². The molecule has 0 aromatic carbocycles. The minimum Gasteiger partial charge on any atom is -0.338 e. The van der Waals surface area contributed by atoms with Gasteiger partial charge in [-0.1, -0.05) is 6.92 Å². The van der Waals surface area contributed by atoms with E-state index in [1.54, 1.807) is 0 Å². The van der Waals surface area contributed by atoms with E-state index in [0.29, 0.717) is 5.41 Å². The minimum atomic E-state index is 0.448. The molecule has 1 aromatic heterocycles. The second-order valence-corrected chi connectivity index (χ2v) is 6.40. The highest BCUT2D eigenvalue weighted by Crippen LogP contribution is 2.27. The predicted molar refractivity (Wildman–Crippen MR) is 80.9 cm³/mol. The first kappa shape index (κ1) is 13.8. The van der Waals surface area contributed by atoms with E-state index in [1.807, 2.05) is 18.5 Å². The van der Waals surface area contributed by atoms with Crippen molar-refractivity contribution >= 4 is 5.95 Å². The molecule has 1 aromatic rings. The summed E-state index contributed by atoms with van der Waals surface area (Å²) < 4.78 is 0. The van der Waals surface area contributed by atoms with Crippen molar-refractivity contribution in [1.29, 1.82) is 0 Å². The third-order valence-electron chi connectivity index (χ3n) is 4.50. The summed E-state index contributed by atoms with van der Waals surface area (Å²) in [5.74, 6) is 0.873. The van der Waals surface area contributed by atoms with Crippen molar-refractivity contribution in [2.24, 2.45) is 5.41 Å². The Labute approximate surface area is 121 Å². The summed E-state index contributed by atoms with van der Waals surface area (Å²) in [5.41, 5.74) is 0.448. The normalized spacial score (nSPS) is 28.6. The highest BCUT2D eigenvalue weighted by atomic mass is 15.3. The van der Waals surface area contributed by atoms with E-state index in [1.165, 1.54) is 25.9 Å². The van der Waals surface area contributed by atoms with Gasteiger partial charge in [0.05, 0.1) is 0 Å². The zero-order chi connectivity index (χ0) is 13.8. The second kappa shape index (κ2) is 6.06. The van der Waals surface area contributed by atoms with Crippen molar-refractivity contribution in [2.75, 3.05) is 50.7 Å². The second-order valence-electron chi connectivity index (χ2n) is 6.40. The summed E-state index contributed by atoms with van der Waals surface area (Å²) >= 11 is 0. The molecule has 1 atom stereocenters. The van der Waals surface area contributed by atoms with Crippen LogP contribution in [0.5, 0.6) is 0 Å². The molecule has 5 heteroatoms. The van der Waals surface area contributed by atoms with Crippen LogP contribution in [0.1, 0.15) is 19.8 Å². The molecule has 3 rings (SSSR count). The van der Waals surface area contributed by atoms with E-state index in [9.17, 15) is 0 Å². The van der Waals surface area contributed by atoms with E-state index in [4.69, 9.17) is 0 Å². The molecular formula is C15H25N5. The molecule has 0 aliphatic carbocycles. The van der Waals surface area contributed by atoms with Gasteiger partial charge < -0.3 is 10.2 Å². The number of piperidine rings is 1. The molecule has 0 amide bonds. The third kappa shape index (κ3) is 3.27. The highest BCUT2D eigenvalue weighted by Gasteiger charge is 2.30. The van der Waals surface area contributed by atoms with Crippen LogP contribution >= 0.6 is 0 Å². The molecule has 0 radical (unpaired) electrons. The molecule has 0 spiro atoms. The summed E-state index contributed by atoms with van der Waals surface area (Å²) in [7, 11) is 0. The van der Waals surface area contributed by atoms with Crippen molar-refractivity contribution in [3.05, 3.63) is 18.5 Å². The van der Waals surface area contributed by atoms with Crippen LogP contribution in [0.15, 0.2) is 18.5 Å². The van der Waals surface area contributed by atoms with Gasteiger partial charge >= 0.3 is 0 Å². The van der Waals surface area contributed by atoms with Gasteiger partial charge in [-0.3, -0.25) is 4.90 Å². The molecular weight excluding hydrogens is 250 g/mol. The Morgan fingerprint density at radius 1 is 1.20 bits per heavy atom. The zero-order valence-electron chi connectivity index (χ0n) is 12.4. The Morgan fingerprint density at radius 3 is 2.60 bits per heavy atom. The van der Waals surface area contributed by atoms with Crippen LogP contribution in [-0.4, -0.2) is 60.7 Å². The first-order chi connectivity index (χ1) is 9.75. The summed E-state index contributed by atoms with van der Waals surface area (Å²) in [6, 6.07) is 1.87. The fourth-order valence-corrected chi connectivity index (χ4v) is 3.35. The highest BCUT2D eigenvalue weighted by molar-refractivity contribution is 5.29. The number of piperazine rings is 1. The number of rotatable bonds is 3. The lowest BCUT2D eigenvalue weighted by atomic mass is 9.82. The van der Waals surface area contributed by atoms with Crippen LogP contribution in [0.2, 0.25) is 0 Å². The summed E-state index contributed by atoms with van der Waals surface area (Å²) in [4.78, 5) is 13.6. The number of hydrogen-bond acceptors (Lipinski definition) is 5. The topological polar surface area (TPSA) is 44.3 Å². The SMILES string of the molecule is CC1(CN2CCN(c3ncccn3)CC2)CCCNC1. The van der Waals surface area contributed by atoms with E-state index >= 15 is 0 Å². The van der Waals surface area contributed by atoms with Crippen molar-refractivity contribution in [3.63, 3.8) is 0 Å². The van der Waals surface area contributed by atoms with Crippen LogP contribution in [0.3, 0.4) is 0 Å². The fraction of sp³-hybridized carbons (Fsp3) is 0.733. The number of hydrogen-bond donors (Lipinski definition) is 1. The molecule has 2 fully saturated rings. The van der Waals surface area contributed by atoms with Crippen molar-refractivity contribution in [2.45, 2.75) is 19.8 Å². The Bertz CT molecular complexity index is 408. The van der Waals surface area contributed by atoms with Crippen molar-refractivity contribution in [3.8, 4) is 0 Å². The van der Waals surface area contributed by atoms with E-state index < -0.39 is 0 Å². The van der Waals surface area contributed by atoms with E-state index in [0.717, 1.165) is 38.7 Å². The van der Waals surface area contributed by atoms with Crippen LogP contribution in [0, 0.1) is 5.41 Å². The standard InChI is InChI=1S/C15H25N5/c1-15(4-2-5-16-12-15)13-19-8-10-20(11-9-19)14-17-6-3-7-18-14/h3,6-7,16H,2,4-5,8-13H2,1H3. The van der Waals surface area contributed by atoms with Crippen LogP contribution in [0.4, 0.5) is 5.95 Å². The van der Waals surface area contributed by atoms with Gasteiger partial charge in [0.2, 0.25) is 5.95 Å². The number of anilines is 1. The third-order valence-corrected chi connectivity index (χ3v) is 4.50. The fourth-order valence-electron chi connectivity index (χ4n) is 3.35. The lowest BCUT2D eigenvalue weighted by Gasteiger charge is -2.42. The maximum absolute atomic E-state index is 4.34. The predicted octanol–water partition coefficient (Wildman–Crippen LogP) is 0.988. The first-order valence-corrected chi connectivity index (χ1v) is 7.70. The van der Waals surface area contributed by atoms with Crippen LogP contribution in [-0.2, 0) is 0 Å². The summed E-state index contributed by atoms with van der Waals surface area (Å²) in [5, 5.41) is 3.54. The molecule has 110 valence electrons. The van der Waals surface area contributed by atoms with E-state index in [2.05, 4.69) is 32.0 Å². The Balaban J connectivity index is 1.51. The molecule has 1 unspecified atom stereocenters. The van der Waals surface area contributed by atoms with Gasteiger partial charge in [-0.05, 0) is 30.9 Å². The Morgan fingerprint density at radius 2 is 1.95 bits per heavy atom. The van der Waals surface area contributed by atoms with Crippen LogP contribution in [0.25, 0.3) is 0 Å². The molecule has 0 saturated carbocycles. The monoisotopic (exact) mass is 275 g/mol. The Kier molecular flexibility index (Phi) is 4.17. The van der Waals surface area contributed by atoms with Gasteiger partial charge in [-0.25, -0.2) is 9.97 Å². The van der Waals surface area contributed by atoms with Gasteiger partial charge in [0.25, 0.3) is 0 Å². The van der Waals surface area contributed by atoms with Gasteiger partial charge in [0, 0.05) is 51.7 Å². The van der Waals surface area contributed by atoms with Crippen molar-refractivity contribution < 1.29 is 0 Å². The summed E-state index contributed by atoms with van der Waals surface area (Å²) in [6.45, 7) is 10.3. The lowest BCUT2D eigenvalue weighted by Crippen LogP contribution is -2.52. The lowest BCUT2D eigenvalue weighted by molar-refractivity contribution is 0.127. The molecule has 20 heavy (non-hydrogen) atoms. The Hall–Kier alpha value is -1.20. The summed E-state index contributed by atoms with van der Waals surface area (Å²) in [6.07, 6.45) is 6.31. The average molecular weight is 275 g/mol. The number of nitrogens with one attached hydrogen (secondary N) is 1. The molecule has 1 N–H and O–H groups in total.